The number of hydrogen-bond donors (Lipinski definition) is 1. The van der Waals surface area contributed by atoms with Crippen LogP contribution in [0, 0.1) is 6.92 Å². The molecule has 0 radical (unpaired) electrons. The molecule has 21 heavy (non-hydrogen) atoms. The van der Waals surface area contributed by atoms with E-state index in [-0.39, 0.29) is 11.9 Å². The average Bonchev–Trinajstić information content (AvgIpc) is 2.47. The highest BCUT2D eigenvalue weighted by Crippen LogP contribution is 2.22. The predicted molar refractivity (Wildman–Crippen MR) is 83.2 cm³/mol. The van der Waals surface area contributed by atoms with Crippen molar-refractivity contribution in [1.29, 1.82) is 0 Å². The van der Waals surface area contributed by atoms with Gasteiger partial charge < -0.3 is 10.5 Å². The number of aryl methyl sites for hydroxylation is 1. The van der Waals surface area contributed by atoms with Gasteiger partial charge in [-0.2, -0.15) is 0 Å². The third-order valence-electron chi connectivity index (χ3n) is 4.20. The quantitative estimate of drug-likeness (QED) is 0.879. The lowest BCUT2D eigenvalue weighted by molar-refractivity contribution is -0.123. The number of benzene rings is 1. The van der Waals surface area contributed by atoms with Crippen molar-refractivity contribution < 1.29 is 9.53 Å². The lowest BCUT2D eigenvalue weighted by Gasteiger charge is -2.37. The Morgan fingerprint density at radius 2 is 2.00 bits per heavy atom. The van der Waals surface area contributed by atoms with Crippen LogP contribution in [0.25, 0.3) is 0 Å². The zero-order chi connectivity index (χ0) is 15.4. The molecule has 0 aromatic heterocycles. The van der Waals surface area contributed by atoms with E-state index in [1.807, 2.05) is 13.0 Å². The van der Waals surface area contributed by atoms with Crippen molar-refractivity contribution in [2.45, 2.75) is 26.4 Å². The molecule has 1 heterocycles. The number of piperazine rings is 1. The van der Waals surface area contributed by atoms with Crippen LogP contribution in [0.5, 0.6) is 5.75 Å². The van der Waals surface area contributed by atoms with Gasteiger partial charge in [-0.1, -0.05) is 17.7 Å². The topological polar surface area (TPSA) is 58.8 Å². The molecule has 5 heteroatoms. The van der Waals surface area contributed by atoms with Gasteiger partial charge in [-0.15, -0.1) is 0 Å². The minimum atomic E-state index is -0.246. The fourth-order valence-electron chi connectivity index (χ4n) is 2.76. The number of primary amides is 1. The van der Waals surface area contributed by atoms with Gasteiger partial charge in [0.1, 0.15) is 5.75 Å². The third-order valence-corrected chi connectivity index (χ3v) is 4.20. The van der Waals surface area contributed by atoms with Gasteiger partial charge in [-0.25, -0.2) is 0 Å². The summed E-state index contributed by atoms with van der Waals surface area (Å²) >= 11 is 0. The molecule has 0 aliphatic carbocycles. The van der Waals surface area contributed by atoms with Crippen LogP contribution < -0.4 is 10.5 Å². The van der Waals surface area contributed by atoms with Crippen LogP contribution in [0.3, 0.4) is 0 Å². The summed E-state index contributed by atoms with van der Waals surface area (Å²) in [5.74, 6) is 0.692. The summed E-state index contributed by atoms with van der Waals surface area (Å²) < 4.78 is 5.43. The van der Waals surface area contributed by atoms with Crippen molar-refractivity contribution >= 4 is 5.91 Å². The van der Waals surface area contributed by atoms with Crippen LogP contribution in [0.1, 0.15) is 18.1 Å². The van der Waals surface area contributed by atoms with Gasteiger partial charge in [0.25, 0.3) is 0 Å². The molecule has 0 spiro atoms. The molecule has 1 aromatic carbocycles. The molecular weight excluding hydrogens is 266 g/mol. The van der Waals surface area contributed by atoms with Gasteiger partial charge in [0, 0.05) is 38.3 Å². The number of nitrogens with two attached hydrogens (primary N) is 1. The molecule has 1 aliphatic rings. The van der Waals surface area contributed by atoms with Gasteiger partial charge in [-0.3, -0.25) is 14.6 Å². The molecule has 0 unspecified atom stereocenters. The number of nitrogens with zero attached hydrogens (tertiary/aromatic N) is 2. The van der Waals surface area contributed by atoms with Crippen molar-refractivity contribution in [2.75, 3.05) is 33.3 Å². The Bertz CT molecular complexity index is 496. The highest BCUT2D eigenvalue weighted by molar-refractivity contribution is 5.79. The van der Waals surface area contributed by atoms with E-state index in [2.05, 4.69) is 28.9 Å². The minimum absolute atomic E-state index is 0.180. The number of rotatable bonds is 5. The molecule has 1 saturated heterocycles. The SMILES string of the molecule is COc1ccc(C)cc1CN1CCN([C@@H](C)C(N)=O)CC1. The molecule has 0 saturated carbocycles. The summed E-state index contributed by atoms with van der Waals surface area (Å²) in [4.78, 5) is 15.8. The van der Waals surface area contributed by atoms with Crippen molar-refractivity contribution in [3.8, 4) is 5.75 Å². The van der Waals surface area contributed by atoms with E-state index in [4.69, 9.17) is 10.5 Å². The van der Waals surface area contributed by atoms with E-state index in [1.54, 1.807) is 7.11 Å². The average molecular weight is 291 g/mol. The van der Waals surface area contributed by atoms with E-state index in [0.717, 1.165) is 38.5 Å². The van der Waals surface area contributed by atoms with Gasteiger partial charge in [0.15, 0.2) is 0 Å². The largest absolute Gasteiger partial charge is 0.496 e. The first-order chi connectivity index (χ1) is 10.0. The molecule has 1 fully saturated rings. The first-order valence-corrected chi connectivity index (χ1v) is 7.40. The van der Waals surface area contributed by atoms with Crippen molar-refractivity contribution in [3.05, 3.63) is 29.3 Å². The van der Waals surface area contributed by atoms with Crippen LogP contribution >= 0.6 is 0 Å². The molecule has 2 N–H and O–H groups in total. The first-order valence-electron chi connectivity index (χ1n) is 7.40. The van der Waals surface area contributed by atoms with Crippen molar-refractivity contribution in [3.63, 3.8) is 0 Å². The summed E-state index contributed by atoms with van der Waals surface area (Å²) in [7, 11) is 1.71. The van der Waals surface area contributed by atoms with E-state index in [9.17, 15) is 4.79 Å². The van der Waals surface area contributed by atoms with Gasteiger partial charge in [0.2, 0.25) is 5.91 Å². The molecule has 1 amide bonds. The van der Waals surface area contributed by atoms with Crippen LogP contribution in [0.15, 0.2) is 18.2 Å². The Hall–Kier alpha value is -1.59. The van der Waals surface area contributed by atoms with Crippen LogP contribution in [-0.2, 0) is 11.3 Å². The maximum atomic E-state index is 11.2. The minimum Gasteiger partial charge on any atom is -0.496 e. The molecular formula is C16H25N3O2. The molecule has 116 valence electrons. The van der Waals surface area contributed by atoms with E-state index in [1.165, 1.54) is 11.1 Å². The van der Waals surface area contributed by atoms with E-state index >= 15 is 0 Å². The molecule has 0 bridgehead atoms. The lowest BCUT2D eigenvalue weighted by Crippen LogP contribution is -2.52. The normalized spacial score (nSPS) is 18.4. The van der Waals surface area contributed by atoms with Crippen LogP contribution in [0.4, 0.5) is 0 Å². The Kier molecular flexibility index (Phi) is 5.20. The molecule has 2 rings (SSSR count). The molecule has 1 aromatic rings. The Labute approximate surface area is 126 Å². The maximum Gasteiger partial charge on any atom is 0.234 e. The zero-order valence-electron chi connectivity index (χ0n) is 13.1. The van der Waals surface area contributed by atoms with Crippen LogP contribution in [-0.4, -0.2) is 55.0 Å². The molecule has 1 atom stereocenters. The highest BCUT2D eigenvalue weighted by atomic mass is 16.5. The number of hydrogen-bond acceptors (Lipinski definition) is 4. The Morgan fingerprint density at radius 1 is 1.33 bits per heavy atom. The van der Waals surface area contributed by atoms with Gasteiger partial charge in [-0.05, 0) is 19.9 Å². The number of methoxy groups -OCH3 is 1. The fourth-order valence-corrected chi connectivity index (χ4v) is 2.76. The summed E-state index contributed by atoms with van der Waals surface area (Å²) in [5.41, 5.74) is 7.83. The molecule has 1 aliphatic heterocycles. The number of amides is 1. The second-order valence-electron chi connectivity index (χ2n) is 5.71. The standard InChI is InChI=1S/C16H25N3O2/c1-12-4-5-15(21-3)14(10-12)11-18-6-8-19(9-7-18)13(2)16(17)20/h4-5,10,13H,6-9,11H2,1-3H3,(H2,17,20)/t13-/m0/s1. The van der Waals surface area contributed by atoms with Gasteiger partial charge in [0.05, 0.1) is 13.2 Å². The first kappa shape index (κ1) is 15.8. The summed E-state index contributed by atoms with van der Waals surface area (Å²) in [6.45, 7) is 8.47. The lowest BCUT2D eigenvalue weighted by atomic mass is 10.1. The summed E-state index contributed by atoms with van der Waals surface area (Å²) in [5, 5.41) is 0. The third kappa shape index (κ3) is 3.95. The number of ether oxygens (including phenoxy) is 1. The Balaban J connectivity index is 1.95. The maximum absolute atomic E-state index is 11.2. The number of carbonyl (C=O) groups is 1. The second-order valence-corrected chi connectivity index (χ2v) is 5.71. The summed E-state index contributed by atoms with van der Waals surface area (Å²) in [6.07, 6.45) is 0. The van der Waals surface area contributed by atoms with E-state index < -0.39 is 0 Å². The zero-order valence-corrected chi connectivity index (χ0v) is 13.1. The van der Waals surface area contributed by atoms with Gasteiger partial charge >= 0.3 is 0 Å². The fraction of sp³-hybridized carbons (Fsp3) is 0.562. The van der Waals surface area contributed by atoms with E-state index in [0.29, 0.717) is 0 Å². The Morgan fingerprint density at radius 3 is 2.57 bits per heavy atom. The predicted octanol–water partition coefficient (Wildman–Crippen LogP) is 0.995. The smallest absolute Gasteiger partial charge is 0.234 e. The second kappa shape index (κ2) is 6.91. The van der Waals surface area contributed by atoms with Crippen LogP contribution in [0.2, 0.25) is 0 Å². The number of carbonyl (C=O) groups excluding carboxylic acids is 1. The monoisotopic (exact) mass is 291 g/mol. The van der Waals surface area contributed by atoms with Crippen molar-refractivity contribution in [2.24, 2.45) is 5.73 Å². The highest BCUT2D eigenvalue weighted by Gasteiger charge is 2.24. The van der Waals surface area contributed by atoms with Crippen molar-refractivity contribution in [1.82, 2.24) is 9.80 Å². The summed E-state index contributed by atoms with van der Waals surface area (Å²) in [6, 6.07) is 6.09. The molecule has 5 nitrogen and oxygen atoms in total.